The quantitative estimate of drug-likeness (QED) is 0.829. The molecule has 0 unspecified atom stereocenters. The van der Waals surface area contributed by atoms with Crippen molar-refractivity contribution < 1.29 is 9.59 Å². The van der Waals surface area contributed by atoms with E-state index in [0.29, 0.717) is 19.1 Å². The highest BCUT2D eigenvalue weighted by Crippen LogP contribution is 2.42. The Morgan fingerprint density at radius 1 is 1.12 bits per heavy atom. The van der Waals surface area contributed by atoms with Crippen LogP contribution < -0.4 is 5.32 Å². The second kappa shape index (κ2) is 5.88. The molecule has 1 aliphatic carbocycles. The Kier molecular flexibility index (Phi) is 3.83. The van der Waals surface area contributed by atoms with Crippen LogP contribution in [-0.2, 0) is 15.0 Å². The lowest BCUT2D eigenvalue weighted by molar-refractivity contribution is -0.153. The fraction of sp³-hybridized carbons (Fsp3) is 0.579. The number of amides is 2. The minimum absolute atomic E-state index is 0.132. The second-order valence-electron chi connectivity index (χ2n) is 7.68. The molecule has 2 saturated heterocycles. The van der Waals surface area contributed by atoms with Gasteiger partial charge in [0.2, 0.25) is 0 Å². The average molecular weight is 327 g/mol. The van der Waals surface area contributed by atoms with Crippen molar-refractivity contribution in [2.45, 2.75) is 43.7 Å². The summed E-state index contributed by atoms with van der Waals surface area (Å²) in [6.07, 6.45) is 3.59. The van der Waals surface area contributed by atoms with Gasteiger partial charge in [0.25, 0.3) is 0 Å². The number of hydrogen-bond donors (Lipinski definition) is 1. The van der Waals surface area contributed by atoms with Gasteiger partial charge in [-0.2, -0.15) is 0 Å². The van der Waals surface area contributed by atoms with Crippen molar-refractivity contribution in [1.82, 2.24) is 15.1 Å². The molecule has 1 saturated carbocycles. The molecule has 5 nitrogen and oxygen atoms in total. The highest BCUT2D eigenvalue weighted by Gasteiger charge is 2.43. The van der Waals surface area contributed by atoms with E-state index in [2.05, 4.69) is 47.5 Å². The Bertz CT molecular complexity index is 647. The van der Waals surface area contributed by atoms with Crippen molar-refractivity contribution in [1.29, 1.82) is 0 Å². The minimum atomic E-state index is -0.447. The summed E-state index contributed by atoms with van der Waals surface area (Å²) >= 11 is 0. The Labute approximate surface area is 143 Å². The van der Waals surface area contributed by atoms with Crippen molar-refractivity contribution in [3.05, 3.63) is 35.9 Å². The zero-order chi connectivity index (χ0) is 16.7. The lowest BCUT2D eigenvalue weighted by Gasteiger charge is -2.45. The summed E-state index contributed by atoms with van der Waals surface area (Å²) in [7, 11) is 0. The number of nitrogens with one attached hydrogen (secondary N) is 1. The molecule has 3 fully saturated rings. The van der Waals surface area contributed by atoms with Gasteiger partial charge in [-0.15, -0.1) is 0 Å². The zero-order valence-electron chi connectivity index (χ0n) is 14.2. The fourth-order valence-corrected chi connectivity index (χ4v) is 4.69. The van der Waals surface area contributed by atoms with Crippen molar-refractivity contribution in [3.63, 3.8) is 0 Å². The third kappa shape index (κ3) is 2.61. The van der Waals surface area contributed by atoms with E-state index in [1.54, 1.807) is 4.90 Å². The molecule has 4 rings (SSSR count). The van der Waals surface area contributed by atoms with Crippen LogP contribution in [0.4, 0.5) is 0 Å². The summed E-state index contributed by atoms with van der Waals surface area (Å²) in [6, 6.07) is 11.5. The molecule has 128 valence electrons. The predicted octanol–water partition coefficient (Wildman–Crippen LogP) is 1.14. The summed E-state index contributed by atoms with van der Waals surface area (Å²) in [6.45, 7) is 5.40. The summed E-state index contributed by atoms with van der Waals surface area (Å²) in [5, 5.41) is 2.73. The highest BCUT2D eigenvalue weighted by molar-refractivity contribution is 6.35. The molecule has 3 aliphatic rings. The van der Waals surface area contributed by atoms with Crippen LogP contribution >= 0.6 is 0 Å². The second-order valence-corrected chi connectivity index (χ2v) is 7.68. The van der Waals surface area contributed by atoms with Gasteiger partial charge in [0.1, 0.15) is 0 Å². The average Bonchev–Trinajstić information content (AvgIpc) is 3.02. The zero-order valence-corrected chi connectivity index (χ0v) is 14.2. The Hall–Kier alpha value is -1.88. The molecule has 0 bridgehead atoms. The van der Waals surface area contributed by atoms with E-state index in [0.717, 1.165) is 13.1 Å². The van der Waals surface area contributed by atoms with Gasteiger partial charge in [0.05, 0.1) is 6.04 Å². The van der Waals surface area contributed by atoms with Gasteiger partial charge < -0.3 is 10.2 Å². The van der Waals surface area contributed by atoms with E-state index in [9.17, 15) is 9.59 Å². The van der Waals surface area contributed by atoms with Crippen LogP contribution in [0.5, 0.6) is 0 Å². The molecule has 2 aliphatic heterocycles. The summed E-state index contributed by atoms with van der Waals surface area (Å²) < 4.78 is 0. The molecule has 5 heteroatoms. The molecule has 1 aromatic carbocycles. The first kappa shape index (κ1) is 15.6. The Morgan fingerprint density at radius 3 is 2.71 bits per heavy atom. The predicted molar refractivity (Wildman–Crippen MR) is 91.5 cm³/mol. The highest BCUT2D eigenvalue weighted by atomic mass is 16.2. The van der Waals surface area contributed by atoms with Crippen LogP contribution in [-0.4, -0.2) is 59.9 Å². The number of hydrogen-bond acceptors (Lipinski definition) is 3. The van der Waals surface area contributed by atoms with Crippen molar-refractivity contribution in [3.8, 4) is 0 Å². The first-order valence-electron chi connectivity index (χ1n) is 8.95. The van der Waals surface area contributed by atoms with Crippen molar-refractivity contribution in [2.75, 3.05) is 26.2 Å². The maximum atomic E-state index is 12.0. The van der Waals surface area contributed by atoms with Gasteiger partial charge in [-0.05, 0) is 30.2 Å². The maximum Gasteiger partial charge on any atom is 0.312 e. The van der Waals surface area contributed by atoms with Crippen molar-refractivity contribution in [2.24, 2.45) is 0 Å². The lowest BCUT2D eigenvalue weighted by atomic mass is 9.81. The Morgan fingerprint density at radius 2 is 1.92 bits per heavy atom. The molecule has 1 aromatic rings. The summed E-state index contributed by atoms with van der Waals surface area (Å²) in [5.74, 6) is -0.802. The van der Waals surface area contributed by atoms with E-state index < -0.39 is 5.91 Å². The van der Waals surface area contributed by atoms with E-state index >= 15 is 0 Å². The van der Waals surface area contributed by atoms with E-state index in [-0.39, 0.29) is 17.4 Å². The molecule has 0 radical (unpaired) electrons. The largest absolute Gasteiger partial charge is 0.346 e. The number of benzene rings is 1. The fourth-order valence-electron chi connectivity index (χ4n) is 4.69. The normalized spacial score (nSPS) is 34.1. The molecule has 1 N–H and O–H groups in total. The molecule has 3 atom stereocenters. The molecule has 2 heterocycles. The van der Waals surface area contributed by atoms with Crippen LogP contribution in [0.2, 0.25) is 0 Å². The van der Waals surface area contributed by atoms with Gasteiger partial charge >= 0.3 is 11.8 Å². The number of rotatable bonds is 2. The standard InChI is InChI=1S/C19H25N3O2/c1-19(14-5-3-2-4-6-14)8-7-15(11-19)21-9-10-22-16(13-21)12-20-17(23)18(22)24/h2-6,15-16H,7-13H2,1H3,(H,20,23)/t15-,16-,19-/m0/s1. The van der Waals surface area contributed by atoms with Crippen LogP contribution in [0.15, 0.2) is 30.3 Å². The smallest absolute Gasteiger partial charge is 0.312 e. The van der Waals surface area contributed by atoms with E-state index in [1.807, 2.05) is 0 Å². The van der Waals surface area contributed by atoms with Crippen molar-refractivity contribution >= 4 is 11.8 Å². The van der Waals surface area contributed by atoms with Gasteiger partial charge in [-0.3, -0.25) is 14.5 Å². The van der Waals surface area contributed by atoms with Gasteiger partial charge in [-0.25, -0.2) is 0 Å². The molecule has 24 heavy (non-hydrogen) atoms. The van der Waals surface area contributed by atoms with Crippen LogP contribution in [0, 0.1) is 0 Å². The Balaban J connectivity index is 1.43. The maximum absolute atomic E-state index is 12.0. The first-order valence-corrected chi connectivity index (χ1v) is 8.95. The van der Waals surface area contributed by atoms with Crippen LogP contribution in [0.3, 0.4) is 0 Å². The molecule has 0 spiro atoms. The summed E-state index contributed by atoms with van der Waals surface area (Å²) in [4.78, 5) is 27.8. The molecular formula is C19H25N3O2. The molecule has 2 amide bonds. The molecular weight excluding hydrogens is 302 g/mol. The molecule has 0 aromatic heterocycles. The minimum Gasteiger partial charge on any atom is -0.346 e. The van der Waals surface area contributed by atoms with Gasteiger partial charge in [0, 0.05) is 32.2 Å². The monoisotopic (exact) mass is 327 g/mol. The third-order valence-corrected chi connectivity index (χ3v) is 6.17. The first-order chi connectivity index (χ1) is 11.6. The van der Waals surface area contributed by atoms with Crippen LogP contribution in [0.1, 0.15) is 31.7 Å². The SMILES string of the molecule is C[C@]1(c2ccccc2)CC[C@H](N2CCN3C(=O)C(=O)NC[C@H]3C2)C1. The third-order valence-electron chi connectivity index (χ3n) is 6.17. The van der Waals surface area contributed by atoms with Gasteiger partial charge in [-0.1, -0.05) is 37.3 Å². The number of carbonyl (C=O) groups excluding carboxylic acids is 2. The number of carbonyl (C=O) groups is 2. The van der Waals surface area contributed by atoms with Crippen LogP contribution in [0.25, 0.3) is 0 Å². The lowest BCUT2D eigenvalue weighted by Crippen LogP contribution is -2.66. The van der Waals surface area contributed by atoms with Gasteiger partial charge in [0.15, 0.2) is 0 Å². The van der Waals surface area contributed by atoms with E-state index in [4.69, 9.17) is 0 Å². The van der Waals surface area contributed by atoms with E-state index in [1.165, 1.54) is 24.8 Å². The summed E-state index contributed by atoms with van der Waals surface area (Å²) in [5.41, 5.74) is 1.69. The topological polar surface area (TPSA) is 52.7 Å². The number of nitrogens with zero attached hydrogens (tertiary/aromatic N) is 2. The number of fused-ring (bicyclic) bond motifs is 1. The number of piperazine rings is 2.